The quantitative estimate of drug-likeness (QED) is 0.687. The van der Waals surface area contributed by atoms with Gasteiger partial charge in [-0.3, -0.25) is 14.5 Å². The summed E-state index contributed by atoms with van der Waals surface area (Å²) in [4.78, 5) is 26.4. The van der Waals surface area contributed by atoms with Crippen molar-refractivity contribution in [2.75, 3.05) is 6.54 Å². The Bertz CT molecular complexity index is 676. The molecule has 2 aliphatic carbocycles. The molecule has 112 valence electrons. The number of rotatable bonds is 3. The van der Waals surface area contributed by atoms with Crippen molar-refractivity contribution in [1.29, 1.82) is 0 Å². The van der Waals surface area contributed by atoms with Crippen molar-refractivity contribution in [3.05, 3.63) is 48.1 Å². The molecule has 0 aromatic heterocycles. The number of benzene rings is 1. The Labute approximate surface area is 128 Å². The highest BCUT2D eigenvalue weighted by Crippen LogP contribution is 2.52. The summed E-state index contributed by atoms with van der Waals surface area (Å²) in [6, 6.07) is 6.87. The van der Waals surface area contributed by atoms with E-state index in [2.05, 4.69) is 12.2 Å². The van der Waals surface area contributed by atoms with Crippen LogP contribution in [0.15, 0.2) is 42.5 Å². The first-order valence-electron chi connectivity index (χ1n) is 7.64. The Hall–Kier alpha value is -2.36. The van der Waals surface area contributed by atoms with Crippen LogP contribution >= 0.6 is 0 Å². The first kappa shape index (κ1) is 13.3. The number of fused-ring (bicyclic) bond motifs is 5. The predicted octanol–water partition coefficient (Wildman–Crippen LogP) is 2.21. The van der Waals surface area contributed by atoms with Crippen LogP contribution in [0, 0.1) is 23.7 Å². The van der Waals surface area contributed by atoms with E-state index in [1.54, 1.807) is 24.3 Å². The number of carbonyl (C=O) groups excluding carboxylic acids is 2. The minimum Gasteiger partial charge on any atom is -0.508 e. The lowest BCUT2D eigenvalue weighted by Crippen LogP contribution is -2.33. The largest absolute Gasteiger partial charge is 0.508 e. The van der Waals surface area contributed by atoms with Crippen molar-refractivity contribution in [2.45, 2.75) is 6.42 Å². The Kier molecular flexibility index (Phi) is 2.93. The van der Waals surface area contributed by atoms with E-state index in [9.17, 15) is 14.7 Å². The van der Waals surface area contributed by atoms with Gasteiger partial charge < -0.3 is 5.11 Å². The van der Waals surface area contributed by atoms with E-state index in [0.717, 1.165) is 12.0 Å². The van der Waals surface area contributed by atoms with Crippen LogP contribution in [0.5, 0.6) is 5.75 Å². The lowest BCUT2D eigenvalue weighted by atomic mass is 9.85. The number of aromatic hydroxyl groups is 1. The van der Waals surface area contributed by atoms with Crippen molar-refractivity contribution in [3.63, 3.8) is 0 Å². The highest BCUT2D eigenvalue weighted by Gasteiger charge is 2.58. The lowest BCUT2D eigenvalue weighted by Gasteiger charge is -2.14. The fourth-order valence-corrected chi connectivity index (χ4v) is 4.07. The second-order valence-electron chi connectivity index (χ2n) is 6.28. The Morgan fingerprint density at radius 1 is 1.14 bits per heavy atom. The number of likely N-dealkylation sites (tertiary alicyclic amines) is 1. The lowest BCUT2D eigenvalue weighted by molar-refractivity contribution is -0.139. The van der Waals surface area contributed by atoms with E-state index in [1.165, 1.54) is 4.90 Å². The number of imide groups is 1. The summed E-state index contributed by atoms with van der Waals surface area (Å²) < 4.78 is 0. The average Bonchev–Trinajstić information content (AvgIpc) is 3.16. The Balaban J connectivity index is 1.48. The van der Waals surface area contributed by atoms with E-state index in [-0.39, 0.29) is 41.2 Å². The van der Waals surface area contributed by atoms with Crippen LogP contribution in [0.1, 0.15) is 12.0 Å². The fraction of sp³-hybridized carbons (Fsp3) is 0.333. The van der Waals surface area contributed by atoms with Gasteiger partial charge >= 0.3 is 0 Å². The number of nitrogens with zero attached hydrogens (tertiary/aromatic N) is 1. The molecule has 1 heterocycles. The van der Waals surface area contributed by atoms with Crippen molar-refractivity contribution in [1.82, 2.24) is 4.90 Å². The van der Waals surface area contributed by atoms with E-state index in [0.29, 0.717) is 6.54 Å². The second-order valence-corrected chi connectivity index (χ2v) is 6.28. The van der Waals surface area contributed by atoms with Crippen LogP contribution in [0.3, 0.4) is 0 Å². The zero-order valence-electron chi connectivity index (χ0n) is 12.1. The summed E-state index contributed by atoms with van der Waals surface area (Å²) in [5, 5.41) is 9.42. The zero-order valence-corrected chi connectivity index (χ0v) is 12.1. The first-order valence-corrected chi connectivity index (χ1v) is 7.64. The van der Waals surface area contributed by atoms with Gasteiger partial charge in [0.15, 0.2) is 0 Å². The van der Waals surface area contributed by atoms with E-state index in [1.807, 2.05) is 12.1 Å². The van der Waals surface area contributed by atoms with Crippen LogP contribution in [0.4, 0.5) is 0 Å². The molecular weight excluding hydrogens is 278 g/mol. The number of allylic oxidation sites excluding steroid dienone is 2. The topological polar surface area (TPSA) is 57.6 Å². The molecule has 2 fully saturated rings. The normalized spacial score (nSPS) is 32.5. The maximum absolute atomic E-state index is 12.5. The molecule has 0 radical (unpaired) electrons. The van der Waals surface area contributed by atoms with E-state index >= 15 is 0 Å². The van der Waals surface area contributed by atoms with E-state index < -0.39 is 0 Å². The third kappa shape index (κ3) is 1.90. The van der Waals surface area contributed by atoms with Crippen LogP contribution < -0.4 is 0 Å². The highest BCUT2D eigenvalue weighted by molar-refractivity contribution is 6.06. The van der Waals surface area contributed by atoms with Crippen LogP contribution in [0.2, 0.25) is 0 Å². The SMILES string of the molecule is O=C1C2C3C=CC(C3)C2C(=O)N1CC=Cc1cccc(O)c1. The van der Waals surface area contributed by atoms with Gasteiger partial charge in [-0.25, -0.2) is 0 Å². The van der Waals surface area contributed by atoms with Gasteiger partial charge in [-0.1, -0.05) is 36.4 Å². The first-order chi connectivity index (χ1) is 10.6. The third-order valence-electron chi connectivity index (χ3n) is 5.03. The maximum atomic E-state index is 12.5. The van der Waals surface area contributed by atoms with Gasteiger partial charge in [0, 0.05) is 6.54 Å². The standard InChI is InChI=1S/C18H17NO3/c20-14-5-1-3-11(9-14)4-2-8-19-17(21)15-12-6-7-13(10-12)16(15)18(19)22/h1-7,9,12-13,15-16,20H,8,10H2. The molecule has 1 N–H and O–H groups in total. The van der Waals surface area contributed by atoms with Gasteiger partial charge in [-0.05, 0) is 36.0 Å². The molecule has 1 aromatic rings. The van der Waals surface area contributed by atoms with Gasteiger partial charge in [0.05, 0.1) is 11.8 Å². The molecule has 2 amide bonds. The van der Waals surface area contributed by atoms with Crippen molar-refractivity contribution in [2.24, 2.45) is 23.7 Å². The molecular formula is C18H17NO3. The minimum absolute atomic E-state index is 0.0209. The van der Waals surface area contributed by atoms with Crippen LogP contribution in [-0.4, -0.2) is 28.4 Å². The number of carbonyl (C=O) groups is 2. The summed E-state index contributed by atoms with van der Waals surface area (Å²) >= 11 is 0. The van der Waals surface area contributed by atoms with Gasteiger partial charge in [0.25, 0.3) is 0 Å². The van der Waals surface area contributed by atoms with Crippen LogP contribution in [0.25, 0.3) is 6.08 Å². The molecule has 4 rings (SSSR count). The van der Waals surface area contributed by atoms with Gasteiger partial charge in [0.1, 0.15) is 5.75 Å². The summed E-state index contributed by atoms with van der Waals surface area (Å²) in [6.07, 6.45) is 8.79. The zero-order chi connectivity index (χ0) is 15.3. The molecule has 2 bridgehead atoms. The second kappa shape index (κ2) is 4.83. The number of amides is 2. The average molecular weight is 295 g/mol. The van der Waals surface area contributed by atoms with Crippen molar-refractivity contribution in [3.8, 4) is 5.75 Å². The molecule has 4 heteroatoms. The van der Waals surface area contributed by atoms with E-state index in [4.69, 9.17) is 0 Å². The molecule has 3 aliphatic rings. The molecule has 4 nitrogen and oxygen atoms in total. The monoisotopic (exact) mass is 295 g/mol. The number of phenols is 1. The highest BCUT2D eigenvalue weighted by atomic mass is 16.3. The smallest absolute Gasteiger partial charge is 0.234 e. The Morgan fingerprint density at radius 2 is 1.82 bits per heavy atom. The number of hydrogen-bond acceptors (Lipinski definition) is 3. The van der Waals surface area contributed by atoms with Crippen LogP contribution in [-0.2, 0) is 9.59 Å². The molecule has 1 saturated heterocycles. The maximum Gasteiger partial charge on any atom is 0.234 e. The fourth-order valence-electron chi connectivity index (χ4n) is 4.07. The summed E-state index contributed by atoms with van der Waals surface area (Å²) in [5.74, 6) is 0.416. The molecule has 22 heavy (non-hydrogen) atoms. The van der Waals surface area contributed by atoms with Crippen molar-refractivity contribution < 1.29 is 14.7 Å². The number of phenolic OH excluding ortho intramolecular Hbond substituents is 1. The summed E-state index contributed by atoms with van der Waals surface area (Å²) in [5.41, 5.74) is 0.848. The van der Waals surface area contributed by atoms with Gasteiger partial charge in [0.2, 0.25) is 11.8 Å². The molecule has 1 saturated carbocycles. The molecule has 0 spiro atoms. The third-order valence-corrected chi connectivity index (χ3v) is 5.03. The van der Waals surface area contributed by atoms with Gasteiger partial charge in [-0.2, -0.15) is 0 Å². The summed E-state index contributed by atoms with van der Waals surface area (Å²) in [6.45, 7) is 0.305. The van der Waals surface area contributed by atoms with Gasteiger partial charge in [-0.15, -0.1) is 0 Å². The molecule has 4 unspecified atom stereocenters. The van der Waals surface area contributed by atoms with Crippen molar-refractivity contribution >= 4 is 17.9 Å². The number of hydrogen-bond donors (Lipinski definition) is 1. The minimum atomic E-state index is -0.128. The Morgan fingerprint density at radius 3 is 2.45 bits per heavy atom. The molecule has 4 atom stereocenters. The predicted molar refractivity (Wildman–Crippen MR) is 81.6 cm³/mol. The summed E-state index contributed by atoms with van der Waals surface area (Å²) in [7, 11) is 0. The molecule has 1 aromatic carbocycles. The molecule has 1 aliphatic heterocycles.